The van der Waals surface area contributed by atoms with Crippen LogP contribution in [0.2, 0.25) is 0 Å². The van der Waals surface area contributed by atoms with Crippen LogP contribution in [0.4, 0.5) is 8.78 Å². The highest BCUT2D eigenvalue weighted by Crippen LogP contribution is 2.29. The van der Waals surface area contributed by atoms with E-state index in [1.807, 2.05) is 25.1 Å². The van der Waals surface area contributed by atoms with Crippen LogP contribution < -0.4 is 5.32 Å². The minimum Gasteiger partial charge on any atom is -0.314 e. The molecular weight excluding hydrogens is 220 g/mol. The SMILES string of the molecule is CNCC(F)(F)c1ccc2cc(C)ccc2c1. The summed E-state index contributed by atoms with van der Waals surface area (Å²) >= 11 is 0. The van der Waals surface area contributed by atoms with E-state index in [1.165, 1.54) is 13.1 Å². The van der Waals surface area contributed by atoms with Crippen molar-refractivity contribution in [3.63, 3.8) is 0 Å². The van der Waals surface area contributed by atoms with Gasteiger partial charge in [-0.1, -0.05) is 35.9 Å². The molecule has 17 heavy (non-hydrogen) atoms. The molecule has 1 N–H and O–H groups in total. The van der Waals surface area contributed by atoms with E-state index in [4.69, 9.17) is 0 Å². The summed E-state index contributed by atoms with van der Waals surface area (Å²) in [6.07, 6.45) is 0. The average Bonchev–Trinajstić information content (AvgIpc) is 2.28. The quantitative estimate of drug-likeness (QED) is 0.859. The Morgan fingerprint density at radius 2 is 1.71 bits per heavy atom. The maximum absolute atomic E-state index is 13.7. The van der Waals surface area contributed by atoms with Crippen LogP contribution in [-0.4, -0.2) is 13.6 Å². The number of alkyl halides is 2. The molecule has 0 spiro atoms. The second kappa shape index (κ2) is 4.41. The maximum Gasteiger partial charge on any atom is 0.285 e. The third-order valence-corrected chi connectivity index (χ3v) is 2.82. The van der Waals surface area contributed by atoms with Gasteiger partial charge >= 0.3 is 0 Å². The Hall–Kier alpha value is -1.48. The number of hydrogen-bond donors (Lipinski definition) is 1. The summed E-state index contributed by atoms with van der Waals surface area (Å²) in [4.78, 5) is 0. The summed E-state index contributed by atoms with van der Waals surface area (Å²) < 4.78 is 27.4. The van der Waals surface area contributed by atoms with E-state index in [1.54, 1.807) is 12.1 Å². The highest BCUT2D eigenvalue weighted by atomic mass is 19.3. The van der Waals surface area contributed by atoms with Crippen LogP contribution in [0.5, 0.6) is 0 Å². The van der Waals surface area contributed by atoms with E-state index >= 15 is 0 Å². The number of rotatable bonds is 3. The lowest BCUT2D eigenvalue weighted by molar-refractivity contribution is -0.00112. The van der Waals surface area contributed by atoms with Crippen molar-refractivity contribution in [2.75, 3.05) is 13.6 Å². The van der Waals surface area contributed by atoms with Gasteiger partial charge in [-0.3, -0.25) is 0 Å². The van der Waals surface area contributed by atoms with Crippen molar-refractivity contribution in [1.29, 1.82) is 0 Å². The molecule has 0 aliphatic carbocycles. The van der Waals surface area contributed by atoms with Gasteiger partial charge in [-0.2, -0.15) is 8.78 Å². The van der Waals surface area contributed by atoms with Gasteiger partial charge in [-0.25, -0.2) is 0 Å². The highest BCUT2D eigenvalue weighted by Gasteiger charge is 2.30. The summed E-state index contributed by atoms with van der Waals surface area (Å²) in [6.45, 7) is 1.65. The fourth-order valence-electron chi connectivity index (χ4n) is 1.92. The van der Waals surface area contributed by atoms with Crippen LogP contribution in [0, 0.1) is 6.92 Å². The summed E-state index contributed by atoms with van der Waals surface area (Å²) in [6, 6.07) is 10.6. The van der Waals surface area contributed by atoms with Crippen molar-refractivity contribution in [2.24, 2.45) is 0 Å². The lowest BCUT2D eigenvalue weighted by atomic mass is 10.0. The fraction of sp³-hybridized carbons (Fsp3) is 0.286. The molecule has 0 saturated heterocycles. The zero-order valence-corrected chi connectivity index (χ0v) is 9.93. The molecule has 2 aromatic rings. The Bertz CT molecular complexity index is 535. The van der Waals surface area contributed by atoms with Crippen molar-refractivity contribution < 1.29 is 8.78 Å². The third kappa shape index (κ3) is 2.44. The normalized spacial score (nSPS) is 12.0. The van der Waals surface area contributed by atoms with Crippen molar-refractivity contribution in [1.82, 2.24) is 5.32 Å². The molecule has 0 aliphatic rings. The van der Waals surface area contributed by atoms with Crippen molar-refractivity contribution in [3.05, 3.63) is 47.5 Å². The third-order valence-electron chi connectivity index (χ3n) is 2.82. The minimum atomic E-state index is -2.83. The lowest BCUT2D eigenvalue weighted by Crippen LogP contribution is -2.27. The molecule has 3 heteroatoms. The van der Waals surface area contributed by atoms with Crippen LogP contribution in [-0.2, 0) is 5.92 Å². The van der Waals surface area contributed by atoms with E-state index in [9.17, 15) is 8.78 Å². The van der Waals surface area contributed by atoms with Crippen molar-refractivity contribution >= 4 is 10.8 Å². The van der Waals surface area contributed by atoms with Gasteiger partial charge in [0.2, 0.25) is 0 Å². The van der Waals surface area contributed by atoms with Gasteiger partial charge < -0.3 is 5.32 Å². The van der Waals surface area contributed by atoms with Gasteiger partial charge in [-0.05, 0) is 30.8 Å². The zero-order valence-electron chi connectivity index (χ0n) is 9.93. The van der Waals surface area contributed by atoms with Gasteiger partial charge in [0.1, 0.15) is 0 Å². The van der Waals surface area contributed by atoms with E-state index < -0.39 is 5.92 Å². The summed E-state index contributed by atoms with van der Waals surface area (Å²) in [5.74, 6) is -2.83. The largest absolute Gasteiger partial charge is 0.314 e. The number of benzene rings is 2. The molecule has 0 unspecified atom stereocenters. The molecule has 1 nitrogen and oxygen atoms in total. The first-order valence-electron chi connectivity index (χ1n) is 5.56. The molecule has 0 radical (unpaired) electrons. The van der Waals surface area contributed by atoms with Crippen LogP contribution in [0.1, 0.15) is 11.1 Å². The topological polar surface area (TPSA) is 12.0 Å². The number of nitrogens with one attached hydrogen (secondary N) is 1. The molecule has 0 heterocycles. The van der Waals surface area contributed by atoms with E-state index in [0.717, 1.165) is 16.3 Å². The molecule has 0 fully saturated rings. The highest BCUT2D eigenvalue weighted by molar-refractivity contribution is 5.83. The van der Waals surface area contributed by atoms with Crippen molar-refractivity contribution in [2.45, 2.75) is 12.8 Å². The second-order valence-electron chi connectivity index (χ2n) is 4.30. The molecule has 0 saturated carbocycles. The number of halogens is 2. The second-order valence-corrected chi connectivity index (χ2v) is 4.30. The van der Waals surface area contributed by atoms with E-state index in [-0.39, 0.29) is 12.1 Å². The zero-order chi connectivity index (χ0) is 12.5. The van der Waals surface area contributed by atoms with Crippen LogP contribution in [0.25, 0.3) is 10.8 Å². The van der Waals surface area contributed by atoms with Crippen LogP contribution in [0.15, 0.2) is 36.4 Å². The molecule has 0 amide bonds. The molecule has 0 aliphatic heterocycles. The van der Waals surface area contributed by atoms with Gasteiger partial charge in [0, 0.05) is 5.56 Å². The van der Waals surface area contributed by atoms with Crippen molar-refractivity contribution in [3.8, 4) is 0 Å². The first-order chi connectivity index (χ1) is 8.03. The van der Waals surface area contributed by atoms with Gasteiger partial charge in [0.05, 0.1) is 6.54 Å². The standard InChI is InChI=1S/C14H15F2N/c1-10-3-4-12-8-13(6-5-11(12)7-10)14(15,16)9-17-2/h3-8,17H,9H2,1-2H3. The smallest absolute Gasteiger partial charge is 0.285 e. The van der Waals surface area contributed by atoms with E-state index in [2.05, 4.69) is 5.32 Å². The van der Waals surface area contributed by atoms with Crippen LogP contribution >= 0.6 is 0 Å². The molecule has 90 valence electrons. The Kier molecular flexibility index (Phi) is 3.11. The van der Waals surface area contributed by atoms with Gasteiger partial charge in [0.25, 0.3) is 5.92 Å². The van der Waals surface area contributed by atoms with Crippen LogP contribution in [0.3, 0.4) is 0 Å². The number of aryl methyl sites for hydroxylation is 1. The molecule has 0 aromatic heterocycles. The monoisotopic (exact) mass is 235 g/mol. The van der Waals surface area contributed by atoms with Gasteiger partial charge in [-0.15, -0.1) is 0 Å². The minimum absolute atomic E-state index is 0.0585. The van der Waals surface area contributed by atoms with E-state index in [0.29, 0.717) is 0 Å². The molecule has 0 bridgehead atoms. The number of likely N-dealkylation sites (N-methyl/N-ethyl adjacent to an activating group) is 1. The summed E-state index contributed by atoms with van der Waals surface area (Å²) in [5, 5.41) is 4.36. The summed E-state index contributed by atoms with van der Waals surface area (Å²) in [7, 11) is 1.53. The maximum atomic E-state index is 13.7. The Morgan fingerprint density at radius 1 is 1.06 bits per heavy atom. The number of fused-ring (bicyclic) bond motifs is 1. The predicted molar refractivity (Wildman–Crippen MR) is 66.5 cm³/mol. The average molecular weight is 235 g/mol. The molecular formula is C14H15F2N. The number of hydrogen-bond acceptors (Lipinski definition) is 1. The Balaban J connectivity index is 2.48. The first kappa shape index (κ1) is 12.0. The molecule has 0 atom stereocenters. The molecule has 2 aromatic carbocycles. The fourth-order valence-corrected chi connectivity index (χ4v) is 1.92. The molecule has 2 rings (SSSR count). The lowest BCUT2D eigenvalue weighted by Gasteiger charge is -2.16. The van der Waals surface area contributed by atoms with Gasteiger partial charge in [0.15, 0.2) is 0 Å². The Morgan fingerprint density at radius 3 is 2.41 bits per heavy atom. The Labute approximate surface area is 99.5 Å². The predicted octanol–water partition coefficient (Wildman–Crippen LogP) is 3.46. The summed E-state index contributed by atoms with van der Waals surface area (Å²) in [5.41, 5.74) is 1.19. The first-order valence-corrected chi connectivity index (χ1v) is 5.56.